The van der Waals surface area contributed by atoms with Crippen LogP contribution >= 0.6 is 11.3 Å². The van der Waals surface area contributed by atoms with E-state index in [1.165, 1.54) is 0 Å². The van der Waals surface area contributed by atoms with Gasteiger partial charge in [-0.2, -0.15) is 0 Å². The van der Waals surface area contributed by atoms with Gasteiger partial charge in [0.2, 0.25) is 0 Å². The summed E-state index contributed by atoms with van der Waals surface area (Å²) in [6, 6.07) is -0.165. The first-order valence-electron chi connectivity index (χ1n) is 4.34. The normalized spacial score (nSPS) is 9.57. The number of hydrogen-bond donors (Lipinski definition) is 3. The molecule has 0 fully saturated rings. The van der Waals surface area contributed by atoms with Crippen molar-refractivity contribution in [2.75, 3.05) is 25.5 Å². The fraction of sp³-hybridized carbons (Fsp3) is 0.500. The summed E-state index contributed by atoms with van der Waals surface area (Å²) in [6.07, 6.45) is 0. The van der Waals surface area contributed by atoms with Gasteiger partial charge in [-0.15, -0.1) is 11.3 Å². The summed E-state index contributed by atoms with van der Waals surface area (Å²) >= 11 is 1.56. The second-order valence-corrected chi connectivity index (χ2v) is 3.58. The Morgan fingerprint density at radius 1 is 1.57 bits per heavy atom. The van der Waals surface area contributed by atoms with Crippen LogP contribution in [0.2, 0.25) is 0 Å². The number of amides is 2. The van der Waals surface area contributed by atoms with Crippen LogP contribution in [0, 0.1) is 6.92 Å². The molecule has 0 bridgehead atoms. The van der Waals surface area contributed by atoms with Gasteiger partial charge in [-0.05, 0) is 6.92 Å². The fourth-order valence-corrected chi connectivity index (χ4v) is 1.59. The molecule has 3 N–H and O–H groups in total. The number of anilines is 1. The summed E-state index contributed by atoms with van der Waals surface area (Å²) in [5.74, 6) is 0. The van der Waals surface area contributed by atoms with E-state index in [-0.39, 0.29) is 6.03 Å². The minimum Gasteiger partial charge on any atom is -0.360 e. The molecule has 6 heteroatoms. The Labute approximate surface area is 86.9 Å². The van der Waals surface area contributed by atoms with Gasteiger partial charge >= 0.3 is 6.03 Å². The number of hydrogen-bond acceptors (Lipinski definition) is 4. The number of thiazole rings is 1. The van der Waals surface area contributed by atoms with Crippen LogP contribution < -0.4 is 16.0 Å². The van der Waals surface area contributed by atoms with Crippen LogP contribution in [0.5, 0.6) is 0 Å². The van der Waals surface area contributed by atoms with Crippen molar-refractivity contribution in [3.8, 4) is 0 Å². The first-order valence-corrected chi connectivity index (χ1v) is 5.22. The molecule has 0 aliphatic rings. The van der Waals surface area contributed by atoms with E-state index in [0.29, 0.717) is 13.1 Å². The molecule has 0 unspecified atom stereocenters. The Bertz CT molecular complexity index is 299. The highest BCUT2D eigenvalue weighted by atomic mass is 32.1. The van der Waals surface area contributed by atoms with E-state index in [0.717, 1.165) is 10.8 Å². The van der Waals surface area contributed by atoms with E-state index in [2.05, 4.69) is 20.9 Å². The minimum atomic E-state index is -0.165. The summed E-state index contributed by atoms with van der Waals surface area (Å²) in [6.45, 7) is 3.21. The van der Waals surface area contributed by atoms with Gasteiger partial charge in [0, 0.05) is 25.5 Å². The van der Waals surface area contributed by atoms with Gasteiger partial charge in [-0.3, -0.25) is 0 Å². The van der Waals surface area contributed by atoms with Crippen molar-refractivity contribution in [1.29, 1.82) is 0 Å². The van der Waals surface area contributed by atoms with Crippen LogP contribution in [0.15, 0.2) is 5.38 Å². The van der Waals surface area contributed by atoms with Crippen molar-refractivity contribution in [2.24, 2.45) is 0 Å². The van der Waals surface area contributed by atoms with Crippen molar-refractivity contribution >= 4 is 22.5 Å². The fourth-order valence-electron chi connectivity index (χ4n) is 0.869. The zero-order valence-electron chi connectivity index (χ0n) is 8.26. The van der Waals surface area contributed by atoms with E-state index in [9.17, 15) is 4.79 Å². The molecule has 14 heavy (non-hydrogen) atoms. The molecule has 1 aromatic heterocycles. The number of aromatic nitrogens is 1. The molecule has 0 atom stereocenters. The monoisotopic (exact) mass is 214 g/mol. The van der Waals surface area contributed by atoms with Crippen molar-refractivity contribution in [2.45, 2.75) is 6.92 Å². The number of carbonyl (C=O) groups is 1. The van der Waals surface area contributed by atoms with Crippen molar-refractivity contribution in [3.05, 3.63) is 11.1 Å². The SMILES string of the molecule is CNC(=O)NCCNc1nc(C)cs1. The molecule has 0 aliphatic carbocycles. The van der Waals surface area contributed by atoms with E-state index in [1.807, 2.05) is 12.3 Å². The van der Waals surface area contributed by atoms with Gasteiger partial charge in [0.05, 0.1) is 5.69 Å². The topological polar surface area (TPSA) is 66.1 Å². The van der Waals surface area contributed by atoms with Gasteiger partial charge in [0.1, 0.15) is 0 Å². The molecule has 0 spiro atoms. The molecule has 2 amide bonds. The molecule has 0 saturated carbocycles. The third-order valence-electron chi connectivity index (χ3n) is 1.53. The highest BCUT2D eigenvalue weighted by Gasteiger charge is 1.97. The second-order valence-electron chi connectivity index (χ2n) is 2.73. The predicted octanol–water partition coefficient (Wildman–Crippen LogP) is 0.792. The Kier molecular flexibility index (Phi) is 4.18. The Morgan fingerprint density at radius 2 is 2.36 bits per heavy atom. The van der Waals surface area contributed by atoms with Crippen molar-refractivity contribution in [1.82, 2.24) is 15.6 Å². The molecule has 78 valence electrons. The Balaban J connectivity index is 2.13. The zero-order chi connectivity index (χ0) is 10.4. The number of aryl methyl sites for hydroxylation is 1. The van der Waals surface area contributed by atoms with E-state index in [4.69, 9.17) is 0 Å². The van der Waals surface area contributed by atoms with Gasteiger partial charge in [0.25, 0.3) is 0 Å². The molecule has 1 rings (SSSR count). The maximum Gasteiger partial charge on any atom is 0.314 e. The first-order chi connectivity index (χ1) is 6.72. The van der Waals surface area contributed by atoms with Crippen LogP contribution in [0.1, 0.15) is 5.69 Å². The smallest absolute Gasteiger partial charge is 0.314 e. The lowest BCUT2D eigenvalue weighted by Gasteiger charge is -2.04. The van der Waals surface area contributed by atoms with Crippen LogP contribution in [-0.4, -0.2) is 31.2 Å². The molecule has 5 nitrogen and oxygen atoms in total. The largest absolute Gasteiger partial charge is 0.360 e. The highest BCUT2D eigenvalue weighted by molar-refractivity contribution is 7.13. The lowest BCUT2D eigenvalue weighted by atomic mass is 10.6. The lowest BCUT2D eigenvalue weighted by molar-refractivity contribution is 0.243. The maximum atomic E-state index is 10.8. The lowest BCUT2D eigenvalue weighted by Crippen LogP contribution is -2.35. The van der Waals surface area contributed by atoms with Gasteiger partial charge in [-0.1, -0.05) is 0 Å². The van der Waals surface area contributed by atoms with E-state index >= 15 is 0 Å². The number of nitrogens with zero attached hydrogens (tertiary/aromatic N) is 1. The quantitative estimate of drug-likeness (QED) is 0.649. The molecule has 0 aliphatic heterocycles. The van der Waals surface area contributed by atoms with Crippen molar-refractivity contribution in [3.63, 3.8) is 0 Å². The molecular formula is C8H14N4OS. The Morgan fingerprint density at radius 3 is 2.93 bits per heavy atom. The zero-order valence-corrected chi connectivity index (χ0v) is 9.07. The summed E-state index contributed by atoms with van der Waals surface area (Å²) < 4.78 is 0. The van der Waals surface area contributed by atoms with E-state index in [1.54, 1.807) is 18.4 Å². The van der Waals surface area contributed by atoms with Gasteiger partial charge < -0.3 is 16.0 Å². The maximum absolute atomic E-state index is 10.8. The minimum absolute atomic E-state index is 0.165. The van der Waals surface area contributed by atoms with Crippen molar-refractivity contribution < 1.29 is 4.79 Å². The summed E-state index contributed by atoms with van der Waals surface area (Å²) in [7, 11) is 1.59. The number of nitrogens with one attached hydrogen (secondary N) is 3. The van der Waals surface area contributed by atoms with Gasteiger partial charge in [0.15, 0.2) is 5.13 Å². The molecule has 1 heterocycles. The number of rotatable bonds is 4. The standard InChI is InChI=1S/C8H14N4OS/c1-6-5-14-8(12-6)11-4-3-10-7(13)9-2/h5H,3-4H2,1-2H3,(H,11,12)(H2,9,10,13). The first kappa shape index (κ1) is 10.8. The van der Waals surface area contributed by atoms with Crippen LogP contribution in [0.4, 0.5) is 9.93 Å². The molecular weight excluding hydrogens is 200 g/mol. The van der Waals surface area contributed by atoms with Crippen LogP contribution in [0.3, 0.4) is 0 Å². The molecule has 0 aromatic carbocycles. The number of carbonyl (C=O) groups excluding carboxylic acids is 1. The van der Waals surface area contributed by atoms with Gasteiger partial charge in [-0.25, -0.2) is 9.78 Å². The third kappa shape index (κ3) is 3.61. The predicted molar refractivity (Wildman–Crippen MR) is 57.8 cm³/mol. The number of urea groups is 1. The van der Waals surface area contributed by atoms with Crippen LogP contribution in [0.25, 0.3) is 0 Å². The summed E-state index contributed by atoms with van der Waals surface area (Å²) in [5.41, 5.74) is 1.01. The second kappa shape index (κ2) is 5.43. The molecule has 0 saturated heterocycles. The average Bonchev–Trinajstić information content (AvgIpc) is 2.58. The average molecular weight is 214 g/mol. The van der Waals surface area contributed by atoms with E-state index < -0.39 is 0 Å². The molecule has 0 radical (unpaired) electrons. The Hall–Kier alpha value is -1.30. The molecule has 1 aromatic rings. The highest BCUT2D eigenvalue weighted by Crippen LogP contribution is 2.13. The summed E-state index contributed by atoms with van der Waals surface area (Å²) in [4.78, 5) is 15.0. The third-order valence-corrected chi connectivity index (χ3v) is 2.45. The summed E-state index contributed by atoms with van der Waals surface area (Å²) in [5, 5.41) is 11.1. The van der Waals surface area contributed by atoms with Crippen LogP contribution in [-0.2, 0) is 0 Å².